The summed E-state index contributed by atoms with van der Waals surface area (Å²) in [5.41, 5.74) is 0.352. The van der Waals surface area contributed by atoms with E-state index in [-0.39, 0.29) is 11.3 Å². The molecule has 12 heavy (non-hydrogen) atoms. The molecule has 0 heterocycles. The van der Waals surface area contributed by atoms with Crippen LogP contribution in [0, 0.1) is 34.0 Å². The summed E-state index contributed by atoms with van der Waals surface area (Å²) in [4.78, 5) is 10.9. The van der Waals surface area contributed by atoms with Crippen LogP contribution in [0.15, 0.2) is 0 Å². The molecule has 0 amide bonds. The lowest BCUT2D eigenvalue weighted by atomic mass is 9.83. The van der Waals surface area contributed by atoms with Crippen molar-refractivity contribution >= 4 is 6.29 Å². The molecule has 3 aliphatic rings. The Kier molecular flexibility index (Phi) is 0.881. The fourth-order valence-corrected chi connectivity index (χ4v) is 3.76. The van der Waals surface area contributed by atoms with Gasteiger partial charge in [0.2, 0.25) is 0 Å². The molecule has 0 saturated heterocycles. The van der Waals surface area contributed by atoms with E-state index in [4.69, 9.17) is 5.26 Å². The first-order valence-electron chi connectivity index (χ1n) is 4.61. The van der Waals surface area contributed by atoms with Gasteiger partial charge < -0.3 is 4.79 Å². The number of hydrogen-bond acceptors (Lipinski definition) is 2. The molecule has 2 heteroatoms. The van der Waals surface area contributed by atoms with Gasteiger partial charge in [0.25, 0.3) is 0 Å². The van der Waals surface area contributed by atoms with Crippen molar-refractivity contribution in [3.63, 3.8) is 0 Å². The summed E-state index contributed by atoms with van der Waals surface area (Å²) in [6.45, 7) is 0. The number of fused-ring (bicyclic) bond motifs is 1. The number of rotatable bonds is 1. The summed E-state index contributed by atoms with van der Waals surface area (Å²) in [7, 11) is 0. The van der Waals surface area contributed by atoms with E-state index in [1.165, 1.54) is 6.29 Å². The molecule has 0 radical (unpaired) electrons. The molecule has 0 aromatic rings. The average molecular weight is 161 g/mol. The van der Waals surface area contributed by atoms with Gasteiger partial charge in [0.1, 0.15) is 6.29 Å². The van der Waals surface area contributed by atoms with Gasteiger partial charge in [-0.2, -0.15) is 5.26 Å². The van der Waals surface area contributed by atoms with Crippen LogP contribution in [0.1, 0.15) is 25.7 Å². The summed E-state index contributed by atoms with van der Waals surface area (Å²) in [5.74, 6) is 0.814. The molecule has 3 rings (SSSR count). The summed E-state index contributed by atoms with van der Waals surface area (Å²) >= 11 is 0. The van der Waals surface area contributed by atoms with Gasteiger partial charge in [-0.15, -0.1) is 0 Å². The van der Waals surface area contributed by atoms with Crippen LogP contribution in [-0.4, -0.2) is 6.29 Å². The van der Waals surface area contributed by atoms with Gasteiger partial charge in [-0.05, 0) is 37.0 Å². The molecule has 0 N–H and O–H groups in total. The van der Waals surface area contributed by atoms with Crippen LogP contribution >= 0.6 is 0 Å². The highest BCUT2D eigenvalue weighted by Crippen LogP contribution is 2.81. The van der Waals surface area contributed by atoms with Crippen LogP contribution in [-0.2, 0) is 4.79 Å². The SMILES string of the molecule is N#CC1C[C@]23CC1CC2(C=O)C3. The first kappa shape index (κ1) is 6.65. The van der Waals surface area contributed by atoms with Crippen molar-refractivity contribution in [3.05, 3.63) is 0 Å². The maximum absolute atomic E-state index is 10.9. The molecule has 3 aliphatic carbocycles. The molecular formula is C10H11NO. The van der Waals surface area contributed by atoms with Crippen LogP contribution in [0.3, 0.4) is 0 Å². The number of nitriles is 1. The zero-order valence-corrected chi connectivity index (χ0v) is 6.92. The Morgan fingerprint density at radius 2 is 2.25 bits per heavy atom. The minimum atomic E-state index is 0.0466. The van der Waals surface area contributed by atoms with E-state index in [0.717, 1.165) is 25.7 Å². The van der Waals surface area contributed by atoms with Gasteiger partial charge in [-0.3, -0.25) is 0 Å². The van der Waals surface area contributed by atoms with Crippen LogP contribution in [0.2, 0.25) is 0 Å². The van der Waals surface area contributed by atoms with Gasteiger partial charge >= 0.3 is 0 Å². The van der Waals surface area contributed by atoms with E-state index in [1.807, 2.05) is 0 Å². The number of nitrogens with zero attached hydrogens (tertiary/aromatic N) is 1. The maximum atomic E-state index is 10.9. The molecule has 0 aromatic carbocycles. The number of carbonyl (C=O) groups is 1. The van der Waals surface area contributed by atoms with Crippen molar-refractivity contribution in [2.75, 3.05) is 0 Å². The third-order valence-corrected chi connectivity index (χ3v) is 4.44. The number of carbonyl (C=O) groups excluding carboxylic acids is 1. The van der Waals surface area contributed by atoms with Gasteiger partial charge in [0, 0.05) is 11.3 Å². The lowest BCUT2D eigenvalue weighted by Crippen LogP contribution is -2.17. The predicted molar refractivity (Wildman–Crippen MR) is 42.0 cm³/mol. The molecule has 0 aliphatic heterocycles. The van der Waals surface area contributed by atoms with Gasteiger partial charge in [-0.1, -0.05) is 0 Å². The highest BCUT2D eigenvalue weighted by molar-refractivity contribution is 5.69. The Balaban J connectivity index is 1.96. The van der Waals surface area contributed by atoms with Gasteiger partial charge in [-0.25, -0.2) is 0 Å². The molecule has 2 nitrogen and oxygen atoms in total. The maximum Gasteiger partial charge on any atom is 0.126 e. The van der Waals surface area contributed by atoms with Crippen molar-refractivity contribution < 1.29 is 4.79 Å². The van der Waals surface area contributed by atoms with E-state index in [1.54, 1.807) is 0 Å². The zero-order valence-electron chi connectivity index (χ0n) is 6.92. The topological polar surface area (TPSA) is 40.9 Å². The molecule has 0 aromatic heterocycles. The molecule has 2 bridgehead atoms. The van der Waals surface area contributed by atoms with Crippen molar-refractivity contribution in [3.8, 4) is 6.07 Å². The number of aldehydes is 1. The van der Waals surface area contributed by atoms with Crippen LogP contribution in [0.5, 0.6) is 0 Å². The van der Waals surface area contributed by atoms with Crippen LogP contribution in [0.4, 0.5) is 0 Å². The van der Waals surface area contributed by atoms with Gasteiger partial charge in [0.15, 0.2) is 0 Å². The normalized spacial score (nSPS) is 59.2. The van der Waals surface area contributed by atoms with E-state index in [0.29, 0.717) is 11.3 Å². The Morgan fingerprint density at radius 1 is 1.42 bits per heavy atom. The lowest BCUT2D eigenvalue weighted by Gasteiger charge is -2.18. The zero-order chi connectivity index (χ0) is 8.40. The highest BCUT2D eigenvalue weighted by Gasteiger charge is 2.76. The highest BCUT2D eigenvalue weighted by atomic mass is 16.1. The quantitative estimate of drug-likeness (QED) is 0.547. The first-order chi connectivity index (χ1) is 5.75. The summed E-state index contributed by atoms with van der Waals surface area (Å²) < 4.78 is 0. The van der Waals surface area contributed by atoms with E-state index in [2.05, 4.69) is 6.07 Å². The fraction of sp³-hybridized carbons (Fsp3) is 0.800. The molecule has 1 spiro atoms. The molecule has 3 fully saturated rings. The second-order valence-electron chi connectivity index (χ2n) is 4.84. The minimum absolute atomic E-state index is 0.0466. The molecule has 62 valence electrons. The summed E-state index contributed by atoms with van der Waals surface area (Å²) in [6, 6.07) is 2.37. The smallest absolute Gasteiger partial charge is 0.126 e. The molecule has 3 saturated carbocycles. The van der Waals surface area contributed by atoms with E-state index < -0.39 is 0 Å². The third kappa shape index (κ3) is 0.466. The predicted octanol–water partition coefficient (Wildman–Crippen LogP) is 1.52. The Bertz CT molecular complexity index is 305. The van der Waals surface area contributed by atoms with Crippen molar-refractivity contribution in [1.82, 2.24) is 0 Å². The summed E-state index contributed by atoms with van der Waals surface area (Å²) in [5, 5.41) is 8.84. The Hall–Kier alpha value is -0.840. The van der Waals surface area contributed by atoms with Crippen LogP contribution < -0.4 is 0 Å². The van der Waals surface area contributed by atoms with Gasteiger partial charge in [0.05, 0.1) is 6.07 Å². The first-order valence-corrected chi connectivity index (χ1v) is 4.61. The van der Waals surface area contributed by atoms with Crippen molar-refractivity contribution in [2.24, 2.45) is 22.7 Å². The van der Waals surface area contributed by atoms with Crippen molar-refractivity contribution in [2.45, 2.75) is 25.7 Å². The second kappa shape index (κ2) is 1.59. The van der Waals surface area contributed by atoms with Crippen molar-refractivity contribution in [1.29, 1.82) is 5.26 Å². The Labute approximate surface area is 71.6 Å². The second-order valence-corrected chi connectivity index (χ2v) is 4.84. The minimum Gasteiger partial charge on any atom is -0.303 e. The van der Waals surface area contributed by atoms with Crippen LogP contribution in [0.25, 0.3) is 0 Å². The molecular weight excluding hydrogens is 150 g/mol. The Morgan fingerprint density at radius 3 is 2.75 bits per heavy atom. The lowest BCUT2D eigenvalue weighted by molar-refractivity contribution is -0.113. The monoisotopic (exact) mass is 161 g/mol. The summed E-state index contributed by atoms with van der Waals surface area (Å²) in [6.07, 6.45) is 5.42. The van der Waals surface area contributed by atoms with E-state index >= 15 is 0 Å². The molecule has 4 atom stereocenters. The average Bonchev–Trinajstić information content (AvgIpc) is 2.43. The third-order valence-electron chi connectivity index (χ3n) is 4.44. The van der Waals surface area contributed by atoms with E-state index in [9.17, 15) is 4.79 Å². The number of hydrogen-bond donors (Lipinski definition) is 0. The fourth-order valence-electron chi connectivity index (χ4n) is 3.76. The standard InChI is InChI=1S/C10H11NO/c11-4-8-3-9-1-7(8)2-10(9,5-9)6-12/h6-8H,1-3,5H2/t7?,8?,9-,10?/m0/s1. The molecule has 3 unspecified atom stereocenters. The largest absolute Gasteiger partial charge is 0.303 e.